The first-order valence-corrected chi connectivity index (χ1v) is 4.65. The molecule has 14 heavy (non-hydrogen) atoms. The zero-order valence-electron chi connectivity index (χ0n) is 8.75. The fourth-order valence-electron chi connectivity index (χ4n) is 1.29. The van der Waals surface area contributed by atoms with E-state index in [9.17, 15) is 4.39 Å². The van der Waals surface area contributed by atoms with Gasteiger partial charge in [-0.05, 0) is 24.5 Å². The molecule has 78 valence electrons. The van der Waals surface area contributed by atoms with Gasteiger partial charge in [-0.3, -0.25) is 0 Å². The highest BCUT2D eigenvalue weighted by atomic mass is 19.1. The molecule has 2 N–H and O–H groups in total. The second-order valence-corrected chi connectivity index (χ2v) is 3.54. The molecule has 2 nitrogen and oxygen atoms in total. The Bertz CT molecular complexity index is 312. The van der Waals surface area contributed by atoms with Gasteiger partial charge in [0.2, 0.25) is 0 Å². The van der Waals surface area contributed by atoms with Gasteiger partial charge in [-0.2, -0.15) is 0 Å². The highest BCUT2D eigenvalue weighted by Crippen LogP contribution is 2.24. The van der Waals surface area contributed by atoms with Gasteiger partial charge in [0.15, 0.2) is 0 Å². The van der Waals surface area contributed by atoms with E-state index in [-0.39, 0.29) is 17.8 Å². The lowest BCUT2D eigenvalue weighted by Crippen LogP contribution is -2.23. The summed E-state index contributed by atoms with van der Waals surface area (Å²) in [6, 6.07) is 4.80. The molecule has 0 aromatic heterocycles. The highest BCUT2D eigenvalue weighted by molar-refractivity contribution is 5.31. The Morgan fingerprint density at radius 3 is 2.43 bits per heavy atom. The predicted molar refractivity (Wildman–Crippen MR) is 55.0 cm³/mol. The van der Waals surface area contributed by atoms with Crippen LogP contribution in [0.5, 0.6) is 5.75 Å². The van der Waals surface area contributed by atoms with E-state index in [4.69, 9.17) is 10.5 Å². The van der Waals surface area contributed by atoms with E-state index in [0.717, 1.165) is 0 Å². The molecule has 0 heterocycles. The van der Waals surface area contributed by atoms with Crippen molar-refractivity contribution < 1.29 is 9.13 Å². The summed E-state index contributed by atoms with van der Waals surface area (Å²) in [5, 5.41) is 0. The van der Waals surface area contributed by atoms with Gasteiger partial charge in [0.1, 0.15) is 11.6 Å². The normalized spacial score (nSPS) is 14.9. The minimum absolute atomic E-state index is 0.0147. The molecule has 0 aliphatic carbocycles. The summed E-state index contributed by atoms with van der Waals surface area (Å²) in [7, 11) is 1.52. The van der Waals surface area contributed by atoms with Crippen molar-refractivity contribution in [1.82, 2.24) is 0 Å². The number of halogens is 1. The first kappa shape index (κ1) is 11.0. The topological polar surface area (TPSA) is 35.2 Å². The van der Waals surface area contributed by atoms with E-state index in [1.165, 1.54) is 13.2 Å². The number of benzene rings is 1. The summed E-state index contributed by atoms with van der Waals surface area (Å²) in [4.78, 5) is 0. The molecule has 1 aromatic rings. The molecule has 0 fully saturated rings. The number of hydrogen-bond donors (Lipinski definition) is 1. The third kappa shape index (κ3) is 2.23. The van der Waals surface area contributed by atoms with E-state index >= 15 is 0 Å². The third-order valence-corrected chi connectivity index (χ3v) is 2.49. The molecule has 1 rings (SSSR count). The van der Waals surface area contributed by atoms with Crippen LogP contribution < -0.4 is 10.5 Å². The Balaban J connectivity index is 2.99. The summed E-state index contributed by atoms with van der Waals surface area (Å²) < 4.78 is 18.4. The average molecular weight is 197 g/mol. The van der Waals surface area contributed by atoms with Crippen molar-refractivity contribution in [3.05, 3.63) is 29.6 Å². The number of methoxy groups -OCH3 is 1. The molecule has 0 bridgehead atoms. The monoisotopic (exact) mass is 197 g/mol. The summed E-state index contributed by atoms with van der Waals surface area (Å²) in [6.07, 6.45) is 0. The van der Waals surface area contributed by atoms with Crippen LogP contribution >= 0.6 is 0 Å². The second-order valence-electron chi connectivity index (χ2n) is 3.54. The van der Waals surface area contributed by atoms with Crippen molar-refractivity contribution in [1.29, 1.82) is 0 Å². The lowest BCUT2D eigenvalue weighted by molar-refractivity contribution is 0.410. The van der Waals surface area contributed by atoms with Crippen molar-refractivity contribution in [2.75, 3.05) is 7.11 Å². The molecular weight excluding hydrogens is 181 g/mol. The molecule has 1 aromatic carbocycles. The minimum atomic E-state index is -0.255. The molecule has 0 aliphatic rings. The maximum atomic E-state index is 13.5. The van der Waals surface area contributed by atoms with Gasteiger partial charge in [-0.25, -0.2) is 4.39 Å². The quantitative estimate of drug-likeness (QED) is 0.806. The fourth-order valence-corrected chi connectivity index (χ4v) is 1.29. The van der Waals surface area contributed by atoms with Crippen LogP contribution in [0.25, 0.3) is 0 Å². The van der Waals surface area contributed by atoms with Crippen LogP contribution in [0.3, 0.4) is 0 Å². The minimum Gasteiger partial charge on any atom is -0.497 e. The summed E-state index contributed by atoms with van der Waals surface area (Å²) in [6.45, 7) is 3.78. The standard InChI is InChI=1S/C11H16FNO/c1-7(8(2)13)10-5-4-9(14-3)6-11(10)12/h4-8H,13H2,1-3H3. The van der Waals surface area contributed by atoms with Crippen molar-refractivity contribution in [3.63, 3.8) is 0 Å². The first-order chi connectivity index (χ1) is 6.56. The van der Waals surface area contributed by atoms with Crippen LogP contribution in [0.15, 0.2) is 18.2 Å². The fraction of sp³-hybridized carbons (Fsp3) is 0.455. The number of nitrogens with two attached hydrogens (primary N) is 1. The van der Waals surface area contributed by atoms with Gasteiger partial charge >= 0.3 is 0 Å². The Kier molecular flexibility index (Phi) is 3.47. The molecule has 0 saturated carbocycles. The van der Waals surface area contributed by atoms with Gasteiger partial charge in [-0.1, -0.05) is 13.0 Å². The molecule has 2 unspecified atom stereocenters. The molecule has 3 heteroatoms. The Morgan fingerprint density at radius 2 is 2.00 bits per heavy atom. The average Bonchev–Trinajstić information content (AvgIpc) is 2.16. The summed E-state index contributed by atoms with van der Waals surface area (Å²) >= 11 is 0. The van der Waals surface area contributed by atoms with Gasteiger partial charge in [-0.15, -0.1) is 0 Å². The maximum absolute atomic E-state index is 13.5. The number of rotatable bonds is 3. The Hall–Kier alpha value is -1.09. The lowest BCUT2D eigenvalue weighted by Gasteiger charge is -2.16. The maximum Gasteiger partial charge on any atom is 0.130 e. The molecule has 0 amide bonds. The SMILES string of the molecule is COc1ccc(C(C)C(C)N)c(F)c1. The van der Waals surface area contributed by atoms with E-state index in [1.54, 1.807) is 12.1 Å². The van der Waals surface area contributed by atoms with Crippen LogP contribution in [0.4, 0.5) is 4.39 Å². The largest absolute Gasteiger partial charge is 0.497 e. The van der Waals surface area contributed by atoms with E-state index in [1.807, 2.05) is 13.8 Å². The predicted octanol–water partition coefficient (Wildman–Crippen LogP) is 2.29. The zero-order valence-corrected chi connectivity index (χ0v) is 8.75. The van der Waals surface area contributed by atoms with Gasteiger partial charge < -0.3 is 10.5 Å². The van der Waals surface area contributed by atoms with Crippen molar-refractivity contribution in [2.24, 2.45) is 5.73 Å². The highest BCUT2D eigenvalue weighted by Gasteiger charge is 2.14. The van der Waals surface area contributed by atoms with Crippen LogP contribution in [-0.2, 0) is 0 Å². The van der Waals surface area contributed by atoms with Crippen LogP contribution in [0.1, 0.15) is 25.3 Å². The molecule has 0 aliphatic heterocycles. The molecule has 0 saturated heterocycles. The van der Waals surface area contributed by atoms with E-state index in [0.29, 0.717) is 11.3 Å². The van der Waals surface area contributed by atoms with E-state index < -0.39 is 0 Å². The van der Waals surface area contributed by atoms with Gasteiger partial charge in [0, 0.05) is 12.1 Å². The van der Waals surface area contributed by atoms with Crippen LogP contribution in [0.2, 0.25) is 0 Å². The van der Waals surface area contributed by atoms with Crippen LogP contribution in [0, 0.1) is 5.82 Å². The first-order valence-electron chi connectivity index (χ1n) is 4.65. The molecule has 0 spiro atoms. The van der Waals surface area contributed by atoms with Crippen molar-refractivity contribution in [3.8, 4) is 5.75 Å². The smallest absolute Gasteiger partial charge is 0.130 e. The molecular formula is C11H16FNO. The second kappa shape index (κ2) is 4.42. The Morgan fingerprint density at radius 1 is 1.36 bits per heavy atom. The van der Waals surface area contributed by atoms with Gasteiger partial charge in [0.25, 0.3) is 0 Å². The number of ether oxygens (including phenoxy) is 1. The van der Waals surface area contributed by atoms with Crippen LogP contribution in [-0.4, -0.2) is 13.2 Å². The molecule has 2 atom stereocenters. The summed E-state index contributed by atoms with van der Waals surface area (Å²) in [5.74, 6) is 0.290. The van der Waals surface area contributed by atoms with Crippen molar-refractivity contribution >= 4 is 0 Å². The Labute approximate surface area is 83.9 Å². The van der Waals surface area contributed by atoms with E-state index in [2.05, 4.69) is 0 Å². The van der Waals surface area contributed by atoms with Crippen molar-refractivity contribution in [2.45, 2.75) is 25.8 Å². The zero-order chi connectivity index (χ0) is 10.7. The molecule has 0 radical (unpaired) electrons. The third-order valence-electron chi connectivity index (χ3n) is 2.49. The summed E-state index contributed by atoms with van der Waals surface area (Å²) in [5.41, 5.74) is 6.35. The lowest BCUT2D eigenvalue weighted by atomic mass is 9.94. The van der Waals surface area contributed by atoms with Gasteiger partial charge in [0.05, 0.1) is 7.11 Å². The number of hydrogen-bond acceptors (Lipinski definition) is 2.